The number of hydrogen-bond donors (Lipinski definition) is 0. The molecule has 1 saturated heterocycles. The quantitative estimate of drug-likeness (QED) is 0.300. The SMILES string of the molecule is CCCCCCN(CCN1CCOCC1)C(=O)CCCOc1ccc(C(C)=O)cc1OC. The highest BCUT2D eigenvalue weighted by atomic mass is 16.5. The van der Waals surface area contributed by atoms with Gasteiger partial charge in [0.15, 0.2) is 17.3 Å². The average molecular weight is 449 g/mol. The Labute approximate surface area is 193 Å². The number of ether oxygens (including phenoxy) is 3. The third-order valence-corrected chi connectivity index (χ3v) is 5.79. The molecule has 1 aliphatic heterocycles. The van der Waals surface area contributed by atoms with E-state index >= 15 is 0 Å². The number of unbranched alkanes of at least 4 members (excludes halogenated alkanes) is 3. The third-order valence-electron chi connectivity index (χ3n) is 5.79. The van der Waals surface area contributed by atoms with Crippen molar-refractivity contribution in [2.45, 2.75) is 52.4 Å². The summed E-state index contributed by atoms with van der Waals surface area (Å²) in [5, 5.41) is 0. The van der Waals surface area contributed by atoms with E-state index in [2.05, 4.69) is 11.8 Å². The Morgan fingerprint density at radius 3 is 2.53 bits per heavy atom. The molecule has 7 nitrogen and oxygen atoms in total. The van der Waals surface area contributed by atoms with Gasteiger partial charge in [0, 0.05) is 44.7 Å². The first-order valence-corrected chi connectivity index (χ1v) is 11.9. The topological polar surface area (TPSA) is 68.3 Å². The summed E-state index contributed by atoms with van der Waals surface area (Å²) in [6.45, 7) is 10.1. The van der Waals surface area contributed by atoms with Gasteiger partial charge < -0.3 is 19.1 Å². The van der Waals surface area contributed by atoms with E-state index in [4.69, 9.17) is 14.2 Å². The van der Waals surface area contributed by atoms with E-state index in [9.17, 15) is 9.59 Å². The molecule has 0 aliphatic carbocycles. The van der Waals surface area contributed by atoms with Crippen LogP contribution in [0.5, 0.6) is 11.5 Å². The molecule has 0 N–H and O–H groups in total. The van der Waals surface area contributed by atoms with Gasteiger partial charge in [-0.05, 0) is 38.0 Å². The van der Waals surface area contributed by atoms with E-state index in [0.717, 1.165) is 58.8 Å². The molecule has 1 aliphatic rings. The first kappa shape index (κ1) is 26.1. The van der Waals surface area contributed by atoms with E-state index < -0.39 is 0 Å². The Kier molecular flexibility index (Phi) is 12.1. The number of methoxy groups -OCH3 is 1. The number of morpholine rings is 1. The van der Waals surface area contributed by atoms with Crippen LogP contribution >= 0.6 is 0 Å². The first-order chi connectivity index (χ1) is 15.5. The number of carbonyl (C=O) groups excluding carboxylic acids is 2. The highest BCUT2D eigenvalue weighted by molar-refractivity contribution is 5.94. The molecule has 0 spiro atoms. The number of amides is 1. The number of benzene rings is 1. The average Bonchev–Trinajstić information content (AvgIpc) is 2.81. The summed E-state index contributed by atoms with van der Waals surface area (Å²) in [5.41, 5.74) is 0.586. The van der Waals surface area contributed by atoms with E-state index in [0.29, 0.717) is 36.5 Å². The lowest BCUT2D eigenvalue weighted by molar-refractivity contribution is -0.131. The van der Waals surface area contributed by atoms with Gasteiger partial charge in [0.25, 0.3) is 0 Å². The minimum atomic E-state index is -0.0171. The minimum absolute atomic E-state index is 0.0171. The van der Waals surface area contributed by atoms with Crippen molar-refractivity contribution in [3.63, 3.8) is 0 Å². The lowest BCUT2D eigenvalue weighted by Gasteiger charge is -2.30. The predicted molar refractivity (Wildman–Crippen MR) is 126 cm³/mol. The zero-order valence-electron chi connectivity index (χ0n) is 20.1. The van der Waals surface area contributed by atoms with Gasteiger partial charge >= 0.3 is 0 Å². The maximum atomic E-state index is 12.9. The molecular weight excluding hydrogens is 408 g/mol. The van der Waals surface area contributed by atoms with E-state index in [1.807, 2.05) is 4.90 Å². The summed E-state index contributed by atoms with van der Waals surface area (Å²) in [6, 6.07) is 5.17. The number of hydrogen-bond acceptors (Lipinski definition) is 6. The van der Waals surface area contributed by atoms with E-state index in [-0.39, 0.29) is 11.7 Å². The fourth-order valence-corrected chi connectivity index (χ4v) is 3.75. The monoisotopic (exact) mass is 448 g/mol. The molecule has 1 fully saturated rings. The van der Waals surface area contributed by atoms with Crippen molar-refractivity contribution in [3.8, 4) is 11.5 Å². The molecule has 1 amide bonds. The van der Waals surface area contributed by atoms with Crippen LogP contribution in [0.1, 0.15) is 62.7 Å². The molecule has 1 heterocycles. The van der Waals surface area contributed by atoms with Crippen LogP contribution in [0, 0.1) is 0 Å². The summed E-state index contributed by atoms with van der Waals surface area (Å²) < 4.78 is 16.6. The zero-order valence-corrected chi connectivity index (χ0v) is 20.1. The van der Waals surface area contributed by atoms with Crippen LogP contribution in [-0.4, -0.2) is 81.1 Å². The minimum Gasteiger partial charge on any atom is -0.493 e. The summed E-state index contributed by atoms with van der Waals surface area (Å²) in [7, 11) is 1.56. The Balaban J connectivity index is 1.80. The standard InChI is InChI=1S/C25H40N2O5/c1-4-5-6-7-12-27(14-13-26-15-18-31-19-16-26)25(29)9-8-17-32-23-11-10-22(21(2)28)20-24(23)30-3/h10-11,20H,4-9,12-19H2,1-3H3. The molecule has 180 valence electrons. The molecule has 1 aromatic rings. The van der Waals surface area contributed by atoms with Gasteiger partial charge in [-0.3, -0.25) is 14.5 Å². The predicted octanol–water partition coefficient (Wildman–Crippen LogP) is 3.80. The number of nitrogens with zero attached hydrogens (tertiary/aromatic N) is 2. The van der Waals surface area contributed by atoms with Crippen LogP contribution in [0.15, 0.2) is 18.2 Å². The second-order valence-corrected chi connectivity index (χ2v) is 8.27. The van der Waals surface area contributed by atoms with Crippen molar-refractivity contribution in [1.82, 2.24) is 9.80 Å². The number of Topliss-reactive ketones (excluding diaryl/α,β-unsaturated/α-hetero) is 1. The number of rotatable bonds is 15. The summed E-state index contributed by atoms with van der Waals surface area (Å²) >= 11 is 0. The number of carbonyl (C=O) groups is 2. The van der Waals surface area contributed by atoms with Gasteiger partial charge in [-0.25, -0.2) is 0 Å². The molecule has 7 heteroatoms. The molecule has 0 atom stereocenters. The van der Waals surface area contributed by atoms with Crippen molar-refractivity contribution < 1.29 is 23.8 Å². The smallest absolute Gasteiger partial charge is 0.222 e. The van der Waals surface area contributed by atoms with Gasteiger partial charge in [0.2, 0.25) is 5.91 Å². The molecule has 1 aromatic carbocycles. The van der Waals surface area contributed by atoms with E-state index in [1.165, 1.54) is 19.8 Å². The highest BCUT2D eigenvalue weighted by Gasteiger charge is 2.17. The molecule has 0 aromatic heterocycles. The van der Waals surface area contributed by atoms with Crippen molar-refractivity contribution in [1.29, 1.82) is 0 Å². The molecule has 0 bridgehead atoms. The molecule has 0 radical (unpaired) electrons. The number of ketones is 1. The second kappa shape index (κ2) is 14.9. The van der Waals surface area contributed by atoms with Crippen LogP contribution in [0.25, 0.3) is 0 Å². The van der Waals surface area contributed by atoms with Crippen LogP contribution in [-0.2, 0) is 9.53 Å². The largest absolute Gasteiger partial charge is 0.493 e. The van der Waals surface area contributed by atoms with E-state index in [1.54, 1.807) is 25.3 Å². The van der Waals surface area contributed by atoms with Gasteiger partial charge in [-0.1, -0.05) is 26.2 Å². The molecule has 32 heavy (non-hydrogen) atoms. The van der Waals surface area contributed by atoms with Crippen molar-refractivity contribution in [2.24, 2.45) is 0 Å². The van der Waals surface area contributed by atoms with Crippen molar-refractivity contribution >= 4 is 11.7 Å². The summed E-state index contributed by atoms with van der Waals surface area (Å²) in [5.74, 6) is 1.30. The maximum Gasteiger partial charge on any atom is 0.222 e. The van der Waals surface area contributed by atoms with Gasteiger partial charge in [0.05, 0.1) is 26.9 Å². The van der Waals surface area contributed by atoms with Gasteiger partial charge in [-0.2, -0.15) is 0 Å². The first-order valence-electron chi connectivity index (χ1n) is 11.9. The zero-order chi connectivity index (χ0) is 23.2. The fourth-order valence-electron chi connectivity index (χ4n) is 3.75. The highest BCUT2D eigenvalue weighted by Crippen LogP contribution is 2.28. The molecule has 2 rings (SSSR count). The van der Waals surface area contributed by atoms with Gasteiger partial charge in [0.1, 0.15) is 0 Å². The van der Waals surface area contributed by atoms with Crippen LogP contribution in [0.2, 0.25) is 0 Å². The van der Waals surface area contributed by atoms with Crippen LogP contribution < -0.4 is 9.47 Å². The van der Waals surface area contributed by atoms with Crippen LogP contribution in [0.4, 0.5) is 0 Å². The normalized spacial score (nSPS) is 14.2. The Morgan fingerprint density at radius 1 is 1.06 bits per heavy atom. The maximum absolute atomic E-state index is 12.9. The van der Waals surface area contributed by atoms with Gasteiger partial charge in [-0.15, -0.1) is 0 Å². The third kappa shape index (κ3) is 9.17. The van der Waals surface area contributed by atoms with Crippen molar-refractivity contribution in [2.75, 3.05) is 59.7 Å². The lowest BCUT2D eigenvalue weighted by Crippen LogP contribution is -2.43. The summed E-state index contributed by atoms with van der Waals surface area (Å²) in [4.78, 5) is 28.8. The Hall–Kier alpha value is -2.12. The molecule has 0 unspecified atom stereocenters. The van der Waals surface area contributed by atoms with Crippen LogP contribution in [0.3, 0.4) is 0 Å². The molecular formula is C25H40N2O5. The second-order valence-electron chi connectivity index (χ2n) is 8.27. The fraction of sp³-hybridized carbons (Fsp3) is 0.680. The van der Waals surface area contributed by atoms with Crippen molar-refractivity contribution in [3.05, 3.63) is 23.8 Å². The Bertz CT molecular complexity index is 704. The molecule has 0 saturated carbocycles. The lowest BCUT2D eigenvalue weighted by atomic mass is 10.1. The summed E-state index contributed by atoms with van der Waals surface area (Å²) in [6.07, 6.45) is 5.72. The Morgan fingerprint density at radius 2 is 1.84 bits per heavy atom.